The van der Waals surface area contributed by atoms with E-state index < -0.39 is 0 Å². The molecule has 1 saturated heterocycles. The molecule has 1 fully saturated rings. The number of nitrogens with zero attached hydrogens (tertiary/aromatic N) is 4. The molecule has 0 aliphatic carbocycles. The van der Waals surface area contributed by atoms with Gasteiger partial charge in [-0.05, 0) is 30.3 Å². The van der Waals surface area contributed by atoms with Gasteiger partial charge in [-0.25, -0.2) is 4.98 Å². The molecule has 1 radical (unpaired) electrons. The lowest BCUT2D eigenvalue weighted by atomic mass is 10.2. The van der Waals surface area contributed by atoms with Crippen LogP contribution in [0.1, 0.15) is 6.92 Å². The normalized spacial score (nSPS) is 14.8. The van der Waals surface area contributed by atoms with E-state index in [0.717, 1.165) is 31.9 Å². The van der Waals surface area contributed by atoms with Crippen molar-refractivity contribution < 1.29 is 9.53 Å². The van der Waals surface area contributed by atoms with Crippen molar-refractivity contribution in [2.24, 2.45) is 0 Å². The second kappa shape index (κ2) is 6.43. The van der Waals surface area contributed by atoms with Crippen molar-refractivity contribution in [2.75, 3.05) is 31.1 Å². The third-order valence-electron chi connectivity index (χ3n) is 3.63. The highest BCUT2D eigenvalue weighted by atomic mass is 16.5. The molecule has 0 spiro atoms. The van der Waals surface area contributed by atoms with Gasteiger partial charge in [-0.15, -0.1) is 0 Å². The summed E-state index contributed by atoms with van der Waals surface area (Å²) in [4.78, 5) is 23.4. The van der Waals surface area contributed by atoms with Crippen molar-refractivity contribution >= 4 is 11.6 Å². The second-order valence-electron chi connectivity index (χ2n) is 5.06. The fourth-order valence-electron chi connectivity index (χ4n) is 2.41. The summed E-state index contributed by atoms with van der Waals surface area (Å²) in [6, 6.07) is 9.70. The van der Waals surface area contributed by atoms with Crippen LogP contribution in [-0.4, -0.2) is 47.0 Å². The fourth-order valence-corrected chi connectivity index (χ4v) is 2.41. The van der Waals surface area contributed by atoms with Crippen molar-refractivity contribution in [3.63, 3.8) is 0 Å². The van der Waals surface area contributed by atoms with Crippen LogP contribution in [0.3, 0.4) is 0 Å². The Balaban J connectivity index is 1.61. The first kappa shape index (κ1) is 14.3. The third-order valence-corrected chi connectivity index (χ3v) is 3.63. The molecule has 2 heterocycles. The number of carbonyl (C=O) groups is 1. The number of piperazine rings is 1. The van der Waals surface area contributed by atoms with Crippen LogP contribution in [0.15, 0.2) is 36.5 Å². The monoisotopic (exact) mass is 297 g/mol. The summed E-state index contributed by atoms with van der Waals surface area (Å²) in [6.07, 6.45) is 4.27. The molecule has 22 heavy (non-hydrogen) atoms. The first-order chi connectivity index (χ1) is 10.7. The summed E-state index contributed by atoms with van der Waals surface area (Å²) < 4.78 is 5.54. The minimum Gasteiger partial charge on any atom is -0.424 e. The molecule has 0 bridgehead atoms. The molecule has 1 aliphatic heterocycles. The highest BCUT2D eigenvalue weighted by molar-refractivity contribution is 5.73. The van der Waals surface area contributed by atoms with E-state index in [2.05, 4.69) is 21.1 Å². The maximum atomic E-state index is 11.3. The van der Waals surface area contributed by atoms with Crippen LogP contribution in [0.5, 0.6) is 11.8 Å². The molecule has 0 saturated carbocycles. The Hall–Kier alpha value is -2.63. The molecule has 0 unspecified atom stereocenters. The standard InChI is InChI=1S/C16H17N4O2/c1-13(21)19-9-11-20(12-10-19)14-3-5-15(6-4-14)22-16-17-7-2-8-18-16/h2-7H,9-12H2,1H3. The summed E-state index contributed by atoms with van der Waals surface area (Å²) in [6.45, 7) is 4.83. The fraction of sp³-hybridized carbons (Fsp3) is 0.312. The lowest BCUT2D eigenvalue weighted by molar-refractivity contribution is -0.129. The van der Waals surface area contributed by atoms with Gasteiger partial charge in [-0.2, -0.15) is 4.98 Å². The van der Waals surface area contributed by atoms with E-state index in [0.29, 0.717) is 5.75 Å². The van der Waals surface area contributed by atoms with Gasteiger partial charge in [0.15, 0.2) is 0 Å². The molecule has 113 valence electrons. The van der Waals surface area contributed by atoms with E-state index in [1.54, 1.807) is 19.2 Å². The number of rotatable bonds is 3. The van der Waals surface area contributed by atoms with E-state index in [1.165, 1.54) is 0 Å². The number of aromatic nitrogens is 2. The lowest BCUT2D eigenvalue weighted by Crippen LogP contribution is -2.48. The minimum absolute atomic E-state index is 0.142. The topological polar surface area (TPSA) is 58.6 Å². The van der Waals surface area contributed by atoms with E-state index in [9.17, 15) is 4.79 Å². The Morgan fingerprint density at radius 1 is 1.18 bits per heavy atom. The Morgan fingerprint density at radius 2 is 1.91 bits per heavy atom. The Kier molecular flexibility index (Phi) is 4.18. The first-order valence-electron chi connectivity index (χ1n) is 7.20. The average molecular weight is 297 g/mol. The SMILES string of the molecule is CC(=O)N1CCN(c2ccc(Oc3n[c]ccn3)cc2)CC1. The first-order valence-corrected chi connectivity index (χ1v) is 7.20. The van der Waals surface area contributed by atoms with Gasteiger partial charge in [-0.1, -0.05) is 0 Å². The highest BCUT2D eigenvalue weighted by Gasteiger charge is 2.18. The Bertz CT molecular complexity index is 622. The molecular weight excluding hydrogens is 280 g/mol. The lowest BCUT2D eigenvalue weighted by Gasteiger charge is -2.35. The molecule has 0 atom stereocenters. The van der Waals surface area contributed by atoms with Crippen molar-refractivity contribution in [1.29, 1.82) is 0 Å². The summed E-state index contributed by atoms with van der Waals surface area (Å²) >= 11 is 0. The predicted octanol–water partition coefficient (Wildman–Crippen LogP) is 1.74. The van der Waals surface area contributed by atoms with Gasteiger partial charge in [0.1, 0.15) is 5.75 Å². The molecule has 1 aromatic heterocycles. The number of anilines is 1. The number of hydrogen-bond donors (Lipinski definition) is 0. The van der Waals surface area contributed by atoms with Crippen LogP contribution >= 0.6 is 0 Å². The third kappa shape index (κ3) is 3.33. The number of hydrogen-bond acceptors (Lipinski definition) is 5. The maximum absolute atomic E-state index is 11.3. The van der Waals surface area contributed by atoms with Crippen molar-refractivity contribution in [3.05, 3.63) is 42.7 Å². The largest absolute Gasteiger partial charge is 0.424 e. The second-order valence-corrected chi connectivity index (χ2v) is 5.06. The number of amides is 1. The van der Waals surface area contributed by atoms with Crippen LogP contribution < -0.4 is 9.64 Å². The molecule has 6 heteroatoms. The molecule has 3 rings (SSSR count). The van der Waals surface area contributed by atoms with E-state index in [1.807, 2.05) is 29.2 Å². The predicted molar refractivity (Wildman–Crippen MR) is 81.9 cm³/mol. The van der Waals surface area contributed by atoms with Crippen LogP contribution in [0.25, 0.3) is 0 Å². The van der Waals surface area contributed by atoms with Crippen LogP contribution in [0.4, 0.5) is 5.69 Å². The number of ether oxygens (including phenoxy) is 1. The minimum atomic E-state index is 0.142. The van der Waals surface area contributed by atoms with E-state index in [-0.39, 0.29) is 11.9 Å². The van der Waals surface area contributed by atoms with Crippen LogP contribution in [-0.2, 0) is 4.79 Å². The molecule has 6 nitrogen and oxygen atoms in total. The Morgan fingerprint density at radius 3 is 2.50 bits per heavy atom. The number of carbonyl (C=O) groups excluding carboxylic acids is 1. The maximum Gasteiger partial charge on any atom is 0.322 e. The van der Waals surface area contributed by atoms with E-state index in [4.69, 9.17) is 4.74 Å². The smallest absolute Gasteiger partial charge is 0.322 e. The summed E-state index contributed by atoms with van der Waals surface area (Å²) in [5, 5.41) is 0. The Labute approximate surface area is 129 Å². The van der Waals surface area contributed by atoms with Crippen molar-refractivity contribution in [2.45, 2.75) is 6.92 Å². The zero-order valence-corrected chi connectivity index (χ0v) is 12.4. The highest BCUT2D eigenvalue weighted by Crippen LogP contribution is 2.23. The van der Waals surface area contributed by atoms with Gasteiger partial charge >= 0.3 is 6.01 Å². The number of benzene rings is 1. The van der Waals surface area contributed by atoms with Crippen molar-refractivity contribution in [1.82, 2.24) is 14.9 Å². The van der Waals surface area contributed by atoms with Gasteiger partial charge in [0.25, 0.3) is 0 Å². The van der Waals surface area contributed by atoms with Gasteiger partial charge in [0.05, 0.1) is 6.20 Å². The van der Waals surface area contributed by atoms with Gasteiger partial charge in [-0.3, -0.25) is 4.79 Å². The zero-order valence-electron chi connectivity index (χ0n) is 12.4. The van der Waals surface area contributed by atoms with Crippen LogP contribution in [0, 0.1) is 6.20 Å². The molecule has 2 aromatic rings. The molecule has 1 aromatic carbocycles. The average Bonchev–Trinajstić information content (AvgIpc) is 2.57. The quantitative estimate of drug-likeness (QED) is 0.863. The zero-order chi connectivity index (χ0) is 15.4. The summed E-state index contributed by atoms with van der Waals surface area (Å²) in [5.41, 5.74) is 1.12. The molecule has 1 aliphatic rings. The van der Waals surface area contributed by atoms with Gasteiger partial charge < -0.3 is 14.5 Å². The summed E-state index contributed by atoms with van der Waals surface area (Å²) in [7, 11) is 0. The van der Waals surface area contributed by atoms with E-state index >= 15 is 0 Å². The molecule has 1 amide bonds. The van der Waals surface area contributed by atoms with Crippen LogP contribution in [0.2, 0.25) is 0 Å². The molecule has 0 N–H and O–H groups in total. The summed E-state index contributed by atoms with van der Waals surface area (Å²) in [5.74, 6) is 0.828. The van der Waals surface area contributed by atoms with Crippen molar-refractivity contribution in [3.8, 4) is 11.8 Å². The molecular formula is C16H17N4O2. The van der Waals surface area contributed by atoms with Gasteiger partial charge in [0, 0.05) is 45.0 Å². The van der Waals surface area contributed by atoms with Gasteiger partial charge in [0.2, 0.25) is 5.91 Å².